The molecule has 0 saturated carbocycles. The summed E-state index contributed by atoms with van der Waals surface area (Å²) in [5.74, 6) is -0.134. The Balaban J connectivity index is 1.93. The minimum atomic E-state index is -2.21. The second-order valence-electron chi connectivity index (χ2n) is 7.94. The molecule has 32 heavy (non-hydrogen) atoms. The zero-order chi connectivity index (χ0) is 23.1. The SMILES string of the molecule is CCC[NH+](CCC)CCNC(=O)C1(O)c2ccccc2NC(=O)N1c1cccc(OC)c1. The van der Waals surface area contributed by atoms with Crippen molar-refractivity contribution in [3.8, 4) is 5.75 Å². The van der Waals surface area contributed by atoms with Crippen molar-refractivity contribution in [3.05, 3.63) is 54.1 Å². The Bertz CT molecular complexity index is 945. The van der Waals surface area contributed by atoms with Gasteiger partial charge in [-0.05, 0) is 31.0 Å². The maximum absolute atomic E-state index is 13.4. The number of benzene rings is 2. The zero-order valence-electron chi connectivity index (χ0n) is 19.0. The fourth-order valence-corrected chi connectivity index (χ4v) is 4.17. The number of hydrogen-bond donors (Lipinski definition) is 4. The summed E-state index contributed by atoms with van der Waals surface area (Å²) in [4.78, 5) is 29.0. The van der Waals surface area contributed by atoms with Gasteiger partial charge in [0, 0.05) is 11.6 Å². The summed E-state index contributed by atoms with van der Waals surface area (Å²) in [6.07, 6.45) is 2.12. The van der Waals surface area contributed by atoms with E-state index in [4.69, 9.17) is 4.74 Å². The van der Waals surface area contributed by atoms with Crippen molar-refractivity contribution in [2.45, 2.75) is 32.4 Å². The van der Waals surface area contributed by atoms with Gasteiger partial charge < -0.3 is 25.4 Å². The van der Waals surface area contributed by atoms with Crippen LogP contribution in [0.4, 0.5) is 16.2 Å². The third-order valence-corrected chi connectivity index (χ3v) is 5.67. The van der Waals surface area contributed by atoms with Gasteiger partial charge in [0.05, 0.1) is 44.7 Å². The summed E-state index contributed by atoms with van der Waals surface area (Å²) in [5.41, 5.74) is -1.15. The van der Waals surface area contributed by atoms with E-state index >= 15 is 0 Å². The van der Waals surface area contributed by atoms with Crippen LogP contribution in [0.25, 0.3) is 0 Å². The number of urea groups is 1. The molecule has 0 bridgehead atoms. The first kappa shape index (κ1) is 23.6. The second-order valence-corrected chi connectivity index (χ2v) is 7.94. The normalized spacial score (nSPS) is 17.7. The van der Waals surface area contributed by atoms with E-state index in [-0.39, 0.29) is 0 Å². The number of quaternary nitrogens is 1. The third kappa shape index (κ3) is 4.71. The quantitative estimate of drug-likeness (QED) is 0.452. The lowest BCUT2D eigenvalue weighted by atomic mass is 9.94. The van der Waals surface area contributed by atoms with E-state index < -0.39 is 17.7 Å². The molecule has 3 amide bonds. The molecular formula is C24H33N4O4+. The lowest BCUT2D eigenvalue weighted by Gasteiger charge is -2.42. The number of carbonyl (C=O) groups excluding carboxylic acids is 2. The number of methoxy groups -OCH3 is 1. The van der Waals surface area contributed by atoms with Crippen LogP contribution in [0.15, 0.2) is 48.5 Å². The largest absolute Gasteiger partial charge is 0.497 e. The molecule has 8 nitrogen and oxygen atoms in total. The molecule has 0 saturated heterocycles. The molecule has 2 aromatic rings. The van der Waals surface area contributed by atoms with Gasteiger partial charge in [-0.15, -0.1) is 0 Å². The first-order valence-corrected chi connectivity index (χ1v) is 11.1. The van der Waals surface area contributed by atoms with Crippen molar-refractivity contribution in [1.82, 2.24) is 5.32 Å². The minimum Gasteiger partial charge on any atom is -0.497 e. The molecule has 0 aliphatic carbocycles. The highest BCUT2D eigenvalue weighted by Gasteiger charge is 2.52. The maximum atomic E-state index is 13.4. The van der Waals surface area contributed by atoms with E-state index in [9.17, 15) is 14.7 Å². The van der Waals surface area contributed by atoms with Gasteiger partial charge in [0.15, 0.2) is 0 Å². The van der Waals surface area contributed by atoms with Crippen molar-refractivity contribution in [3.63, 3.8) is 0 Å². The summed E-state index contributed by atoms with van der Waals surface area (Å²) in [7, 11) is 1.52. The number of hydrogen-bond acceptors (Lipinski definition) is 4. The number of aliphatic hydroxyl groups is 1. The lowest BCUT2D eigenvalue weighted by Crippen LogP contribution is -3.12. The molecule has 172 valence electrons. The molecule has 8 heteroatoms. The molecular weight excluding hydrogens is 408 g/mol. The van der Waals surface area contributed by atoms with Gasteiger partial charge in [0.2, 0.25) is 0 Å². The first-order chi connectivity index (χ1) is 15.4. The average molecular weight is 442 g/mol. The predicted octanol–water partition coefficient (Wildman–Crippen LogP) is 1.71. The molecule has 1 atom stereocenters. The van der Waals surface area contributed by atoms with E-state index in [0.29, 0.717) is 29.2 Å². The fraction of sp³-hybridized carbons (Fsp3) is 0.417. The third-order valence-electron chi connectivity index (χ3n) is 5.67. The van der Waals surface area contributed by atoms with Crippen molar-refractivity contribution in [2.24, 2.45) is 0 Å². The van der Waals surface area contributed by atoms with Crippen LogP contribution in [0.5, 0.6) is 5.75 Å². The number of fused-ring (bicyclic) bond motifs is 1. The van der Waals surface area contributed by atoms with Crippen molar-refractivity contribution in [2.75, 3.05) is 43.5 Å². The lowest BCUT2D eigenvalue weighted by molar-refractivity contribution is -0.899. The summed E-state index contributed by atoms with van der Waals surface area (Å²) in [5, 5.41) is 17.4. The van der Waals surface area contributed by atoms with Gasteiger partial charge in [-0.1, -0.05) is 38.1 Å². The van der Waals surface area contributed by atoms with Gasteiger partial charge in [-0.3, -0.25) is 9.69 Å². The maximum Gasteiger partial charge on any atom is 0.329 e. The van der Waals surface area contributed by atoms with E-state index in [1.54, 1.807) is 48.5 Å². The fourth-order valence-electron chi connectivity index (χ4n) is 4.17. The number of nitrogens with zero attached hydrogens (tertiary/aromatic N) is 1. The number of para-hydroxylation sites is 1. The minimum absolute atomic E-state index is 0.311. The van der Waals surface area contributed by atoms with Crippen LogP contribution in [-0.4, -0.2) is 50.3 Å². The van der Waals surface area contributed by atoms with Crippen LogP contribution in [0.2, 0.25) is 0 Å². The van der Waals surface area contributed by atoms with Gasteiger partial charge in [0.1, 0.15) is 5.75 Å². The second kappa shape index (κ2) is 10.5. The molecule has 1 unspecified atom stereocenters. The van der Waals surface area contributed by atoms with E-state index in [2.05, 4.69) is 24.5 Å². The standard InChI is InChI=1S/C24H32N4O4/c1-4-14-27(15-5-2)16-13-25-22(29)24(31)20-11-6-7-12-21(20)26-23(30)28(24)18-9-8-10-19(17-18)32-3/h6-12,17,31H,4-5,13-16H2,1-3H3,(H,25,29)(H,26,30)/p+1. The van der Waals surface area contributed by atoms with Crippen LogP contribution in [0.3, 0.4) is 0 Å². The van der Waals surface area contributed by atoms with Crippen molar-refractivity contribution in [1.29, 1.82) is 0 Å². The molecule has 2 aromatic carbocycles. The smallest absolute Gasteiger partial charge is 0.329 e. The summed E-state index contributed by atoms with van der Waals surface area (Å²) in [6, 6.07) is 12.9. The molecule has 1 aliphatic heterocycles. The van der Waals surface area contributed by atoms with Gasteiger partial charge in [0.25, 0.3) is 11.6 Å². The molecule has 0 radical (unpaired) electrons. The number of anilines is 2. The van der Waals surface area contributed by atoms with Crippen LogP contribution < -0.4 is 25.2 Å². The van der Waals surface area contributed by atoms with Crippen LogP contribution >= 0.6 is 0 Å². The number of carbonyl (C=O) groups is 2. The van der Waals surface area contributed by atoms with Crippen LogP contribution in [0, 0.1) is 0 Å². The van der Waals surface area contributed by atoms with E-state index in [1.807, 2.05) is 0 Å². The van der Waals surface area contributed by atoms with Gasteiger partial charge >= 0.3 is 6.03 Å². The number of rotatable bonds is 10. The summed E-state index contributed by atoms with van der Waals surface area (Å²) >= 11 is 0. The predicted molar refractivity (Wildman–Crippen MR) is 124 cm³/mol. The number of nitrogens with one attached hydrogen (secondary N) is 3. The number of amides is 3. The van der Waals surface area contributed by atoms with Crippen molar-refractivity contribution < 1.29 is 24.3 Å². The van der Waals surface area contributed by atoms with Crippen molar-refractivity contribution >= 4 is 23.3 Å². The number of ether oxygens (including phenoxy) is 1. The molecule has 1 heterocycles. The van der Waals surface area contributed by atoms with E-state index in [0.717, 1.165) is 37.4 Å². The Kier molecular flexibility index (Phi) is 7.71. The molecule has 0 aromatic heterocycles. The monoisotopic (exact) mass is 441 g/mol. The van der Waals surface area contributed by atoms with Gasteiger partial charge in [-0.25, -0.2) is 4.79 Å². The Hall–Kier alpha value is -3.10. The zero-order valence-corrected chi connectivity index (χ0v) is 19.0. The summed E-state index contributed by atoms with van der Waals surface area (Å²) < 4.78 is 5.27. The van der Waals surface area contributed by atoms with Gasteiger partial charge in [-0.2, -0.15) is 0 Å². The highest BCUT2D eigenvalue weighted by Crippen LogP contribution is 2.40. The van der Waals surface area contributed by atoms with E-state index in [1.165, 1.54) is 12.0 Å². The molecule has 3 rings (SSSR count). The average Bonchev–Trinajstić information content (AvgIpc) is 2.79. The van der Waals surface area contributed by atoms with Crippen LogP contribution in [0.1, 0.15) is 32.3 Å². The first-order valence-electron chi connectivity index (χ1n) is 11.1. The van der Waals surface area contributed by atoms with Crippen LogP contribution in [-0.2, 0) is 10.5 Å². The Morgan fingerprint density at radius 2 is 1.84 bits per heavy atom. The molecule has 0 fully saturated rings. The molecule has 1 aliphatic rings. The Morgan fingerprint density at radius 1 is 1.12 bits per heavy atom. The highest BCUT2D eigenvalue weighted by molar-refractivity contribution is 6.11. The Labute approximate surface area is 189 Å². The topological polar surface area (TPSA) is 95.3 Å². The molecule has 4 N–H and O–H groups in total. The summed E-state index contributed by atoms with van der Waals surface area (Å²) in [6.45, 7) is 7.47. The highest BCUT2D eigenvalue weighted by atomic mass is 16.5. The molecule has 0 spiro atoms. The Morgan fingerprint density at radius 3 is 2.53 bits per heavy atom.